The summed E-state index contributed by atoms with van der Waals surface area (Å²) in [6.07, 6.45) is 6.10. The molecule has 1 unspecified atom stereocenters. The lowest BCUT2D eigenvalue weighted by Gasteiger charge is -2.23. The van der Waals surface area contributed by atoms with Crippen molar-refractivity contribution in [1.82, 2.24) is 4.98 Å². The topological polar surface area (TPSA) is 79.6 Å². The molecule has 1 aromatic heterocycles. The van der Waals surface area contributed by atoms with Crippen LogP contribution in [0.3, 0.4) is 0 Å². The molecule has 0 spiro atoms. The van der Waals surface area contributed by atoms with Gasteiger partial charge in [0.2, 0.25) is 5.78 Å². The molecule has 3 rings (SSSR count). The molecule has 1 aliphatic heterocycles. The summed E-state index contributed by atoms with van der Waals surface area (Å²) < 4.78 is 0. The van der Waals surface area contributed by atoms with Crippen LogP contribution in [-0.2, 0) is 5.54 Å². The summed E-state index contributed by atoms with van der Waals surface area (Å²) in [5.74, 6) is -1.31. The molecule has 24 heavy (non-hydrogen) atoms. The number of aryl methyl sites for hydroxylation is 1. The summed E-state index contributed by atoms with van der Waals surface area (Å²) in [5.41, 5.74) is 0.374. The van der Waals surface area contributed by atoms with Gasteiger partial charge in [0.15, 0.2) is 5.54 Å². The summed E-state index contributed by atoms with van der Waals surface area (Å²) in [5, 5.41) is 9.54. The number of halogens is 1. The Morgan fingerprint density at radius 3 is 2.54 bits per heavy atom. The van der Waals surface area contributed by atoms with Crippen LogP contribution in [0.5, 0.6) is 0 Å². The van der Waals surface area contributed by atoms with Crippen LogP contribution in [0.2, 0.25) is 5.02 Å². The molecular weight excluding hydrogens is 328 g/mol. The van der Waals surface area contributed by atoms with Crippen LogP contribution in [0.25, 0.3) is 0 Å². The Hall–Kier alpha value is -2.79. The monoisotopic (exact) mass is 340 g/mol. The fraction of sp³-hybridized carbons (Fsp3) is 0.111. The highest BCUT2D eigenvalue weighted by atomic mass is 35.5. The Morgan fingerprint density at radius 1 is 1.21 bits per heavy atom. The maximum Gasteiger partial charge on any atom is 0.337 e. The molecule has 1 N–H and O–H groups in total. The summed E-state index contributed by atoms with van der Waals surface area (Å²) in [4.78, 5) is 32.6. The highest BCUT2D eigenvalue weighted by Gasteiger charge is 2.41. The average Bonchev–Trinajstić information content (AvgIpc) is 3.05. The van der Waals surface area contributed by atoms with Crippen molar-refractivity contribution in [3.8, 4) is 0 Å². The van der Waals surface area contributed by atoms with Crippen LogP contribution in [0, 0.1) is 6.92 Å². The van der Waals surface area contributed by atoms with Gasteiger partial charge in [0, 0.05) is 23.0 Å². The van der Waals surface area contributed by atoms with Crippen molar-refractivity contribution in [2.24, 2.45) is 4.99 Å². The van der Waals surface area contributed by atoms with Gasteiger partial charge in [-0.3, -0.25) is 14.8 Å². The Kier molecular flexibility index (Phi) is 4.03. The summed E-state index contributed by atoms with van der Waals surface area (Å²) in [7, 11) is 0. The second kappa shape index (κ2) is 6.02. The standard InChI is InChI=1S/C18H13ClN2O3/c1-11-9-13(19)4-5-14(11)16(22)18(7-2-8-21-18)15-6-3-12(10-20-15)17(23)24/h2-10H,1H3,(H,23,24). The molecule has 0 radical (unpaired) electrons. The number of carboxylic acids is 1. The maximum absolute atomic E-state index is 13.2. The van der Waals surface area contributed by atoms with Gasteiger partial charge in [0.25, 0.3) is 0 Å². The largest absolute Gasteiger partial charge is 0.478 e. The molecule has 5 nitrogen and oxygen atoms in total. The number of aliphatic imine (C=N–C) groups is 1. The predicted molar refractivity (Wildman–Crippen MR) is 91.0 cm³/mol. The Bertz CT molecular complexity index is 874. The molecule has 0 fully saturated rings. The second-order valence-corrected chi connectivity index (χ2v) is 5.87. The van der Waals surface area contributed by atoms with Gasteiger partial charge in [-0.25, -0.2) is 4.79 Å². The zero-order valence-corrected chi connectivity index (χ0v) is 13.5. The van der Waals surface area contributed by atoms with E-state index in [0.717, 1.165) is 5.56 Å². The Balaban J connectivity index is 2.09. The average molecular weight is 341 g/mol. The van der Waals surface area contributed by atoms with Gasteiger partial charge in [0.1, 0.15) is 0 Å². The number of ketones is 1. The van der Waals surface area contributed by atoms with E-state index in [1.807, 2.05) is 0 Å². The first kappa shape index (κ1) is 16.1. The first-order chi connectivity index (χ1) is 11.4. The van der Waals surface area contributed by atoms with E-state index in [1.165, 1.54) is 24.5 Å². The number of hydrogen-bond donors (Lipinski definition) is 1. The number of carboxylic acid groups (broad SMARTS) is 1. The molecule has 1 aliphatic rings. The number of benzene rings is 1. The molecule has 0 amide bonds. The van der Waals surface area contributed by atoms with E-state index < -0.39 is 11.5 Å². The van der Waals surface area contributed by atoms with Crippen LogP contribution >= 0.6 is 11.6 Å². The molecule has 6 heteroatoms. The first-order valence-corrected chi connectivity index (χ1v) is 7.56. The van der Waals surface area contributed by atoms with E-state index >= 15 is 0 Å². The highest BCUT2D eigenvalue weighted by Crippen LogP contribution is 2.34. The molecule has 1 aromatic carbocycles. The van der Waals surface area contributed by atoms with Crippen molar-refractivity contribution in [2.75, 3.05) is 0 Å². The number of allylic oxidation sites excluding steroid dienone is 1. The van der Waals surface area contributed by atoms with Gasteiger partial charge >= 0.3 is 5.97 Å². The number of nitrogens with zero attached hydrogens (tertiary/aromatic N) is 2. The first-order valence-electron chi connectivity index (χ1n) is 7.18. The molecule has 2 aromatic rings. The predicted octanol–water partition coefficient (Wildman–Crippen LogP) is 3.46. The number of carbonyl (C=O) groups is 2. The number of pyridine rings is 1. The minimum atomic E-state index is -1.28. The molecule has 1 atom stereocenters. The van der Waals surface area contributed by atoms with E-state index in [2.05, 4.69) is 9.98 Å². The lowest BCUT2D eigenvalue weighted by molar-refractivity contribution is 0.0696. The van der Waals surface area contributed by atoms with E-state index in [9.17, 15) is 9.59 Å². The smallest absolute Gasteiger partial charge is 0.337 e. The third kappa shape index (κ3) is 2.63. The van der Waals surface area contributed by atoms with Gasteiger partial charge in [0.05, 0.1) is 11.3 Å². The summed E-state index contributed by atoms with van der Waals surface area (Å²) in [6.45, 7) is 1.80. The second-order valence-electron chi connectivity index (χ2n) is 5.43. The van der Waals surface area contributed by atoms with Crippen molar-refractivity contribution in [3.63, 3.8) is 0 Å². The number of carbonyl (C=O) groups excluding carboxylic acids is 1. The third-order valence-corrected chi connectivity index (χ3v) is 4.12. The number of hydrogen-bond acceptors (Lipinski definition) is 4. The molecule has 0 saturated heterocycles. The van der Waals surface area contributed by atoms with Crippen molar-refractivity contribution in [2.45, 2.75) is 12.5 Å². The maximum atomic E-state index is 13.2. The van der Waals surface area contributed by atoms with Crippen LogP contribution < -0.4 is 0 Å². The lowest BCUT2D eigenvalue weighted by atomic mass is 9.85. The number of rotatable bonds is 4. The Labute approximate surface area is 143 Å². The highest BCUT2D eigenvalue weighted by molar-refractivity contribution is 6.30. The van der Waals surface area contributed by atoms with Gasteiger partial charge in [-0.2, -0.15) is 0 Å². The van der Waals surface area contributed by atoms with Crippen molar-refractivity contribution >= 4 is 29.6 Å². The zero-order chi connectivity index (χ0) is 17.3. The molecule has 0 bridgehead atoms. The van der Waals surface area contributed by atoms with Crippen molar-refractivity contribution in [3.05, 3.63) is 76.1 Å². The molecule has 120 valence electrons. The van der Waals surface area contributed by atoms with Crippen LogP contribution in [0.4, 0.5) is 0 Å². The van der Waals surface area contributed by atoms with Gasteiger partial charge < -0.3 is 5.11 Å². The van der Waals surface area contributed by atoms with Gasteiger partial charge in [-0.15, -0.1) is 0 Å². The van der Waals surface area contributed by atoms with E-state index in [-0.39, 0.29) is 11.3 Å². The number of Topliss-reactive ketones (excluding diaryl/α,β-unsaturated/α-hetero) is 1. The van der Waals surface area contributed by atoms with Crippen molar-refractivity contribution < 1.29 is 14.7 Å². The fourth-order valence-corrected chi connectivity index (χ4v) is 2.85. The minimum Gasteiger partial charge on any atom is -0.478 e. The van der Waals surface area contributed by atoms with E-state index in [0.29, 0.717) is 16.3 Å². The Morgan fingerprint density at radius 2 is 2.00 bits per heavy atom. The summed E-state index contributed by atoms with van der Waals surface area (Å²) in [6, 6.07) is 7.95. The molecule has 2 heterocycles. The molecular formula is C18H13ClN2O3. The van der Waals surface area contributed by atoms with Gasteiger partial charge in [-0.05, 0) is 55.0 Å². The van der Waals surface area contributed by atoms with Crippen LogP contribution in [-0.4, -0.2) is 28.1 Å². The number of aromatic nitrogens is 1. The quantitative estimate of drug-likeness (QED) is 0.864. The van der Waals surface area contributed by atoms with Gasteiger partial charge in [-0.1, -0.05) is 11.6 Å². The molecule has 0 saturated carbocycles. The number of aromatic carboxylic acids is 1. The van der Waals surface area contributed by atoms with Crippen LogP contribution in [0.1, 0.15) is 32.0 Å². The normalized spacial score (nSPS) is 18.8. The SMILES string of the molecule is Cc1cc(Cl)ccc1C(=O)C1(c2ccc(C(=O)O)cn2)C=CC=N1. The summed E-state index contributed by atoms with van der Waals surface area (Å²) >= 11 is 5.96. The molecule has 0 aliphatic carbocycles. The van der Waals surface area contributed by atoms with E-state index in [1.54, 1.807) is 37.3 Å². The fourth-order valence-electron chi connectivity index (χ4n) is 2.62. The minimum absolute atomic E-state index is 0.0509. The van der Waals surface area contributed by atoms with E-state index in [4.69, 9.17) is 16.7 Å². The third-order valence-electron chi connectivity index (χ3n) is 3.88. The lowest BCUT2D eigenvalue weighted by Crippen LogP contribution is -2.32. The van der Waals surface area contributed by atoms with Crippen molar-refractivity contribution in [1.29, 1.82) is 0 Å². The zero-order valence-electron chi connectivity index (χ0n) is 12.7. The van der Waals surface area contributed by atoms with Crippen LogP contribution in [0.15, 0.2) is 53.7 Å².